The topological polar surface area (TPSA) is 108 Å². The second-order valence-corrected chi connectivity index (χ2v) is 9.81. The van der Waals surface area contributed by atoms with E-state index in [4.69, 9.17) is 14.0 Å². The van der Waals surface area contributed by atoms with E-state index in [1.54, 1.807) is 37.2 Å². The highest BCUT2D eigenvalue weighted by Crippen LogP contribution is 2.24. The first-order chi connectivity index (χ1) is 19.4. The number of ether oxygens (including phenoxy) is 2. The van der Waals surface area contributed by atoms with Crippen LogP contribution in [0, 0.1) is 0 Å². The van der Waals surface area contributed by atoms with Crippen LogP contribution in [0.15, 0.2) is 145 Å². The minimum absolute atomic E-state index is 0.171. The molecule has 9 nitrogen and oxygen atoms in total. The summed E-state index contributed by atoms with van der Waals surface area (Å²) in [7, 11) is -4.19. The van der Waals surface area contributed by atoms with Crippen molar-refractivity contribution in [2.45, 2.75) is 4.90 Å². The first-order valence-electron chi connectivity index (χ1n) is 12.1. The number of hydrogen-bond acceptors (Lipinski definition) is 6. The zero-order chi connectivity index (χ0) is 27.8. The molecular weight excluding hydrogens is 528 g/mol. The van der Waals surface area contributed by atoms with Crippen LogP contribution < -0.4 is 9.47 Å². The van der Waals surface area contributed by atoms with E-state index in [0.29, 0.717) is 11.5 Å². The maximum Gasteiger partial charge on any atom is 0.294 e. The standard InChI is InChI=1S/C15H12N2O4S.C15H12N2O/c18-22(19,20)15-7-5-14(6-8-15)21-13-3-1-12(2-4-13)17-10-9-16-11-17;1-2-4-14(5-3-1)18-15-8-6-13(7-9-15)17-11-10-16-12-17/h1-11H,(H,18,19,20);1-12H. The number of rotatable bonds is 7. The van der Waals surface area contributed by atoms with E-state index in [2.05, 4.69) is 9.97 Å². The lowest BCUT2D eigenvalue weighted by molar-refractivity contribution is 0.478. The molecule has 0 amide bonds. The molecule has 0 aliphatic heterocycles. The van der Waals surface area contributed by atoms with Crippen molar-refractivity contribution >= 4 is 10.1 Å². The summed E-state index contributed by atoms with van der Waals surface area (Å²) < 4.78 is 46.0. The van der Waals surface area contributed by atoms with Gasteiger partial charge in [0.2, 0.25) is 0 Å². The lowest BCUT2D eigenvalue weighted by atomic mass is 10.3. The van der Waals surface area contributed by atoms with Gasteiger partial charge in [-0.2, -0.15) is 8.42 Å². The summed E-state index contributed by atoms with van der Waals surface area (Å²) in [6.45, 7) is 0. The van der Waals surface area contributed by atoms with Gasteiger partial charge in [0.25, 0.3) is 10.1 Å². The number of aromatic nitrogens is 4. The van der Waals surface area contributed by atoms with Crippen LogP contribution in [-0.2, 0) is 10.1 Å². The van der Waals surface area contributed by atoms with E-state index in [9.17, 15) is 8.42 Å². The predicted octanol–water partition coefficient (Wildman–Crippen LogP) is 6.58. The molecule has 40 heavy (non-hydrogen) atoms. The molecule has 2 heterocycles. The van der Waals surface area contributed by atoms with Crippen LogP contribution in [0.5, 0.6) is 23.0 Å². The van der Waals surface area contributed by atoms with Crippen LogP contribution in [0.3, 0.4) is 0 Å². The van der Waals surface area contributed by atoms with E-state index in [1.807, 2.05) is 88.3 Å². The molecule has 0 aliphatic carbocycles. The van der Waals surface area contributed by atoms with Crippen LogP contribution in [-0.4, -0.2) is 32.1 Å². The van der Waals surface area contributed by atoms with Crippen molar-refractivity contribution in [3.63, 3.8) is 0 Å². The van der Waals surface area contributed by atoms with Crippen molar-refractivity contribution in [2.24, 2.45) is 0 Å². The van der Waals surface area contributed by atoms with Crippen LogP contribution in [0.4, 0.5) is 0 Å². The number of para-hydroxylation sites is 1. The van der Waals surface area contributed by atoms with Crippen LogP contribution >= 0.6 is 0 Å². The molecule has 0 saturated heterocycles. The van der Waals surface area contributed by atoms with Gasteiger partial charge in [-0.05, 0) is 84.9 Å². The lowest BCUT2D eigenvalue weighted by Gasteiger charge is -2.07. The molecule has 2 aromatic heterocycles. The zero-order valence-electron chi connectivity index (χ0n) is 21.1. The van der Waals surface area contributed by atoms with Crippen molar-refractivity contribution in [1.29, 1.82) is 0 Å². The second-order valence-electron chi connectivity index (χ2n) is 8.39. The Hall–Kier alpha value is -5.19. The Bertz CT molecular complexity index is 1720. The summed E-state index contributed by atoms with van der Waals surface area (Å²) in [4.78, 5) is 7.83. The van der Waals surface area contributed by atoms with Gasteiger partial charge >= 0.3 is 0 Å². The van der Waals surface area contributed by atoms with Gasteiger partial charge in [-0.3, -0.25) is 4.55 Å². The van der Waals surface area contributed by atoms with Crippen LogP contribution in [0.1, 0.15) is 0 Å². The van der Waals surface area contributed by atoms with Crippen molar-refractivity contribution in [1.82, 2.24) is 19.1 Å². The van der Waals surface area contributed by atoms with E-state index < -0.39 is 10.1 Å². The van der Waals surface area contributed by atoms with Gasteiger partial charge in [-0.1, -0.05) is 18.2 Å². The summed E-state index contributed by atoms with van der Waals surface area (Å²) >= 11 is 0. The molecule has 0 radical (unpaired) electrons. The summed E-state index contributed by atoms with van der Waals surface area (Å²) in [6.07, 6.45) is 10.7. The van der Waals surface area contributed by atoms with E-state index >= 15 is 0 Å². The summed E-state index contributed by atoms with van der Waals surface area (Å²) in [5.74, 6) is 2.75. The Morgan fingerprint density at radius 3 is 1.32 bits per heavy atom. The molecule has 0 fully saturated rings. The van der Waals surface area contributed by atoms with E-state index in [0.717, 1.165) is 22.9 Å². The smallest absolute Gasteiger partial charge is 0.294 e. The second kappa shape index (κ2) is 12.1. The summed E-state index contributed by atoms with van der Waals surface area (Å²) in [5.41, 5.74) is 2.01. The van der Waals surface area contributed by atoms with Crippen molar-refractivity contribution < 1.29 is 22.4 Å². The maximum atomic E-state index is 11.0. The summed E-state index contributed by atoms with van der Waals surface area (Å²) in [5, 5.41) is 0. The van der Waals surface area contributed by atoms with Crippen LogP contribution in [0.2, 0.25) is 0 Å². The highest BCUT2D eigenvalue weighted by Gasteiger charge is 2.09. The Morgan fingerprint density at radius 2 is 0.950 bits per heavy atom. The molecule has 0 saturated carbocycles. The lowest BCUT2D eigenvalue weighted by Crippen LogP contribution is -1.97. The third-order valence-corrected chi connectivity index (χ3v) is 6.48. The quantitative estimate of drug-likeness (QED) is 0.223. The highest BCUT2D eigenvalue weighted by molar-refractivity contribution is 7.85. The molecule has 0 unspecified atom stereocenters. The maximum absolute atomic E-state index is 11.0. The first-order valence-corrected chi connectivity index (χ1v) is 13.5. The number of nitrogens with zero attached hydrogens (tertiary/aromatic N) is 4. The first kappa shape index (κ1) is 26.4. The van der Waals surface area contributed by atoms with Gasteiger partial charge in [0.05, 0.1) is 17.6 Å². The van der Waals surface area contributed by atoms with Crippen molar-refractivity contribution in [3.8, 4) is 34.4 Å². The monoisotopic (exact) mass is 552 g/mol. The average Bonchev–Trinajstić information content (AvgIpc) is 3.70. The van der Waals surface area contributed by atoms with Gasteiger partial charge in [0, 0.05) is 36.2 Å². The molecule has 200 valence electrons. The Kier molecular flexibility index (Phi) is 8.00. The average molecular weight is 553 g/mol. The van der Waals surface area contributed by atoms with Crippen molar-refractivity contribution in [2.75, 3.05) is 0 Å². The number of hydrogen-bond donors (Lipinski definition) is 1. The van der Waals surface area contributed by atoms with E-state index in [-0.39, 0.29) is 4.90 Å². The Balaban J connectivity index is 0.000000164. The van der Waals surface area contributed by atoms with Gasteiger partial charge < -0.3 is 18.6 Å². The van der Waals surface area contributed by atoms with Crippen LogP contribution in [0.25, 0.3) is 11.4 Å². The normalized spacial score (nSPS) is 10.8. The zero-order valence-corrected chi connectivity index (χ0v) is 21.9. The van der Waals surface area contributed by atoms with Gasteiger partial charge in [0.15, 0.2) is 0 Å². The Morgan fingerprint density at radius 1 is 0.550 bits per heavy atom. The summed E-state index contributed by atoms with van der Waals surface area (Å²) in [6, 6.07) is 30.5. The highest BCUT2D eigenvalue weighted by atomic mass is 32.2. The number of benzene rings is 4. The minimum Gasteiger partial charge on any atom is -0.457 e. The fraction of sp³-hybridized carbons (Fsp3) is 0. The molecule has 6 rings (SSSR count). The molecule has 6 aromatic rings. The largest absolute Gasteiger partial charge is 0.457 e. The molecule has 1 N–H and O–H groups in total. The molecule has 0 atom stereocenters. The molecular formula is C30H24N4O5S. The molecule has 4 aromatic carbocycles. The molecule has 0 aliphatic rings. The molecule has 0 spiro atoms. The third-order valence-electron chi connectivity index (χ3n) is 5.61. The Labute approximate surface area is 231 Å². The van der Waals surface area contributed by atoms with Gasteiger partial charge in [-0.15, -0.1) is 0 Å². The van der Waals surface area contributed by atoms with E-state index in [1.165, 1.54) is 24.3 Å². The fourth-order valence-electron chi connectivity index (χ4n) is 3.64. The fourth-order valence-corrected chi connectivity index (χ4v) is 4.12. The third kappa shape index (κ3) is 7.01. The molecule has 0 bridgehead atoms. The predicted molar refractivity (Wildman–Crippen MR) is 150 cm³/mol. The molecule has 10 heteroatoms. The van der Waals surface area contributed by atoms with Crippen molar-refractivity contribution in [3.05, 3.63) is 141 Å². The van der Waals surface area contributed by atoms with Gasteiger partial charge in [-0.25, -0.2) is 9.97 Å². The number of imidazole rings is 2. The van der Waals surface area contributed by atoms with Gasteiger partial charge in [0.1, 0.15) is 23.0 Å². The minimum atomic E-state index is -4.19. The SMILES string of the molecule is O=S(=O)(O)c1ccc(Oc2ccc(-n3ccnc3)cc2)cc1.c1ccc(Oc2ccc(-n3ccnc3)cc2)cc1.